The molecule has 21 heavy (non-hydrogen) atoms. The van der Waals surface area contributed by atoms with Gasteiger partial charge in [0.25, 0.3) is 0 Å². The lowest BCUT2D eigenvalue weighted by Gasteiger charge is -2.18. The molecule has 0 radical (unpaired) electrons. The van der Waals surface area contributed by atoms with Crippen molar-refractivity contribution in [2.45, 2.75) is 39.8 Å². The molecule has 0 aliphatic carbocycles. The summed E-state index contributed by atoms with van der Waals surface area (Å²) in [7, 11) is 0. The molecular formula is C19H25NO. The minimum atomic E-state index is 0.376. The second-order valence-electron chi connectivity index (χ2n) is 5.33. The lowest BCUT2D eigenvalue weighted by molar-refractivity contribution is 0.340. The first-order chi connectivity index (χ1) is 10.2. The molecular weight excluding hydrogens is 258 g/mol. The van der Waals surface area contributed by atoms with E-state index in [1.54, 1.807) is 0 Å². The molecule has 0 bridgehead atoms. The number of hydrogen-bond donors (Lipinski definition) is 1. The van der Waals surface area contributed by atoms with Crippen molar-refractivity contribution in [3.05, 3.63) is 65.2 Å². The van der Waals surface area contributed by atoms with Gasteiger partial charge < -0.3 is 10.1 Å². The van der Waals surface area contributed by atoms with Crippen LogP contribution in [0.4, 0.5) is 0 Å². The van der Waals surface area contributed by atoms with Crippen LogP contribution in [0.25, 0.3) is 0 Å². The zero-order chi connectivity index (χ0) is 15.1. The normalized spacial score (nSPS) is 12.1. The van der Waals surface area contributed by atoms with Gasteiger partial charge in [-0.2, -0.15) is 0 Å². The van der Waals surface area contributed by atoms with Crippen LogP contribution in [0.15, 0.2) is 48.5 Å². The predicted molar refractivity (Wildman–Crippen MR) is 88.7 cm³/mol. The van der Waals surface area contributed by atoms with E-state index in [-0.39, 0.29) is 0 Å². The van der Waals surface area contributed by atoms with Crippen LogP contribution in [0, 0.1) is 6.92 Å². The van der Waals surface area contributed by atoms with Crippen LogP contribution in [0.5, 0.6) is 5.75 Å². The fraction of sp³-hybridized carbons (Fsp3) is 0.368. The lowest BCUT2D eigenvalue weighted by Crippen LogP contribution is -2.20. The van der Waals surface area contributed by atoms with Crippen molar-refractivity contribution in [3.8, 4) is 5.75 Å². The van der Waals surface area contributed by atoms with Crippen LogP contribution >= 0.6 is 0 Å². The molecule has 0 amide bonds. The number of nitrogens with one attached hydrogen (secondary N) is 1. The van der Waals surface area contributed by atoms with Gasteiger partial charge in [-0.1, -0.05) is 48.9 Å². The molecule has 2 nitrogen and oxygen atoms in total. The number of hydrogen-bond acceptors (Lipinski definition) is 2. The third-order valence-electron chi connectivity index (χ3n) is 3.64. The van der Waals surface area contributed by atoms with Gasteiger partial charge in [-0.05, 0) is 43.5 Å². The zero-order valence-electron chi connectivity index (χ0n) is 13.2. The summed E-state index contributed by atoms with van der Waals surface area (Å²) in [4.78, 5) is 0. The van der Waals surface area contributed by atoms with Crippen LogP contribution in [0.1, 0.15) is 43.0 Å². The van der Waals surface area contributed by atoms with E-state index < -0.39 is 0 Å². The van der Waals surface area contributed by atoms with E-state index in [1.165, 1.54) is 16.7 Å². The van der Waals surface area contributed by atoms with Crippen molar-refractivity contribution >= 4 is 0 Å². The minimum absolute atomic E-state index is 0.376. The summed E-state index contributed by atoms with van der Waals surface area (Å²) in [5.41, 5.74) is 3.96. The number of ether oxygens (including phenoxy) is 1. The quantitative estimate of drug-likeness (QED) is 0.799. The molecule has 2 rings (SSSR count). The molecule has 0 heterocycles. The average Bonchev–Trinajstić information content (AvgIpc) is 2.50. The molecule has 0 aliphatic rings. The van der Waals surface area contributed by atoms with Crippen LogP contribution in [0.3, 0.4) is 0 Å². The molecule has 2 heteroatoms. The maximum absolute atomic E-state index is 5.50. The number of rotatable bonds is 7. The molecule has 0 fully saturated rings. The molecule has 0 saturated carbocycles. The van der Waals surface area contributed by atoms with Crippen molar-refractivity contribution in [1.29, 1.82) is 0 Å². The first-order valence-corrected chi connectivity index (χ1v) is 7.74. The van der Waals surface area contributed by atoms with E-state index >= 15 is 0 Å². The molecule has 112 valence electrons. The summed E-state index contributed by atoms with van der Waals surface area (Å²) in [6, 6.07) is 17.4. The van der Waals surface area contributed by atoms with Gasteiger partial charge in [0, 0.05) is 12.6 Å². The first-order valence-electron chi connectivity index (χ1n) is 7.74. The third kappa shape index (κ3) is 4.61. The smallest absolute Gasteiger partial charge is 0.119 e. The van der Waals surface area contributed by atoms with Gasteiger partial charge in [0.15, 0.2) is 0 Å². The van der Waals surface area contributed by atoms with Gasteiger partial charge in [-0.3, -0.25) is 0 Å². The van der Waals surface area contributed by atoms with E-state index in [4.69, 9.17) is 4.74 Å². The fourth-order valence-electron chi connectivity index (χ4n) is 2.52. The summed E-state index contributed by atoms with van der Waals surface area (Å²) < 4.78 is 5.50. The van der Waals surface area contributed by atoms with Crippen molar-refractivity contribution in [2.75, 3.05) is 6.61 Å². The van der Waals surface area contributed by atoms with E-state index in [1.807, 2.05) is 6.92 Å². The number of aryl methyl sites for hydroxylation is 1. The van der Waals surface area contributed by atoms with E-state index in [2.05, 4.69) is 67.7 Å². The minimum Gasteiger partial charge on any atom is -0.494 e. The van der Waals surface area contributed by atoms with Gasteiger partial charge in [0.2, 0.25) is 0 Å². The highest BCUT2D eigenvalue weighted by Gasteiger charge is 2.08. The van der Waals surface area contributed by atoms with Crippen LogP contribution in [0.2, 0.25) is 0 Å². The molecule has 0 aliphatic heterocycles. The van der Waals surface area contributed by atoms with E-state index in [9.17, 15) is 0 Å². The third-order valence-corrected chi connectivity index (χ3v) is 3.64. The van der Waals surface area contributed by atoms with Crippen LogP contribution in [-0.4, -0.2) is 6.61 Å². The number of benzene rings is 2. The van der Waals surface area contributed by atoms with Crippen molar-refractivity contribution in [1.82, 2.24) is 5.32 Å². The Labute approximate surface area is 128 Å². The lowest BCUT2D eigenvalue weighted by atomic mass is 10.0. The molecule has 1 atom stereocenters. The van der Waals surface area contributed by atoms with Crippen molar-refractivity contribution < 1.29 is 4.74 Å². The van der Waals surface area contributed by atoms with Gasteiger partial charge in [-0.25, -0.2) is 0 Å². The van der Waals surface area contributed by atoms with E-state index in [0.717, 1.165) is 18.7 Å². The highest BCUT2D eigenvalue weighted by atomic mass is 16.5. The van der Waals surface area contributed by atoms with Crippen molar-refractivity contribution in [2.24, 2.45) is 0 Å². The summed E-state index contributed by atoms with van der Waals surface area (Å²) in [5.74, 6) is 0.940. The standard InChI is InChI=1S/C19H25NO/c1-4-19(17-9-11-18(12-10-17)21-5-2)20-14-16-8-6-7-15(3)13-16/h6-13,19-20H,4-5,14H2,1-3H3. The Bertz CT molecular complexity index is 548. The molecule has 0 aromatic heterocycles. The summed E-state index contributed by atoms with van der Waals surface area (Å²) in [6.45, 7) is 7.96. The monoisotopic (exact) mass is 283 g/mol. The SMILES string of the molecule is CCOc1ccc(C(CC)NCc2cccc(C)c2)cc1. The second kappa shape index (κ2) is 7.84. The Balaban J connectivity index is 1.99. The zero-order valence-corrected chi connectivity index (χ0v) is 13.2. The molecule has 0 saturated heterocycles. The second-order valence-corrected chi connectivity index (χ2v) is 5.33. The van der Waals surface area contributed by atoms with Crippen LogP contribution < -0.4 is 10.1 Å². The Morgan fingerprint density at radius 2 is 1.81 bits per heavy atom. The first kappa shape index (κ1) is 15.6. The van der Waals surface area contributed by atoms with Crippen molar-refractivity contribution in [3.63, 3.8) is 0 Å². The Hall–Kier alpha value is -1.80. The van der Waals surface area contributed by atoms with Gasteiger partial charge >= 0.3 is 0 Å². The maximum atomic E-state index is 5.50. The maximum Gasteiger partial charge on any atom is 0.119 e. The molecule has 0 spiro atoms. The predicted octanol–water partition coefficient (Wildman–Crippen LogP) is 4.63. The molecule has 1 unspecified atom stereocenters. The largest absolute Gasteiger partial charge is 0.494 e. The Morgan fingerprint density at radius 1 is 1.05 bits per heavy atom. The summed E-state index contributed by atoms with van der Waals surface area (Å²) >= 11 is 0. The Morgan fingerprint density at radius 3 is 2.43 bits per heavy atom. The average molecular weight is 283 g/mol. The highest BCUT2D eigenvalue weighted by molar-refractivity contribution is 5.29. The van der Waals surface area contributed by atoms with Crippen LogP contribution in [-0.2, 0) is 6.54 Å². The molecule has 2 aromatic rings. The molecule has 2 aromatic carbocycles. The fourth-order valence-corrected chi connectivity index (χ4v) is 2.52. The molecule has 1 N–H and O–H groups in total. The van der Waals surface area contributed by atoms with Gasteiger partial charge in [0.05, 0.1) is 6.61 Å². The summed E-state index contributed by atoms with van der Waals surface area (Å²) in [6.07, 6.45) is 1.07. The summed E-state index contributed by atoms with van der Waals surface area (Å²) in [5, 5.41) is 3.64. The highest BCUT2D eigenvalue weighted by Crippen LogP contribution is 2.21. The van der Waals surface area contributed by atoms with E-state index in [0.29, 0.717) is 12.6 Å². The van der Waals surface area contributed by atoms with Gasteiger partial charge in [-0.15, -0.1) is 0 Å². The van der Waals surface area contributed by atoms with Gasteiger partial charge in [0.1, 0.15) is 5.75 Å². The topological polar surface area (TPSA) is 21.3 Å². The Kier molecular flexibility index (Phi) is 5.82.